The number of carbonyl (C=O) groups excluding carboxylic acids is 2. The van der Waals surface area contributed by atoms with E-state index in [1.807, 2.05) is 56.0 Å². The van der Waals surface area contributed by atoms with Gasteiger partial charge in [-0.2, -0.15) is 0 Å². The molecule has 4 nitrogen and oxygen atoms in total. The lowest BCUT2D eigenvalue weighted by Gasteiger charge is -2.42. The van der Waals surface area contributed by atoms with Gasteiger partial charge in [-0.25, -0.2) is 0 Å². The number of hydrogen-bond acceptors (Lipinski definition) is 2. The minimum absolute atomic E-state index is 0.0248. The fourth-order valence-corrected chi connectivity index (χ4v) is 4.75. The summed E-state index contributed by atoms with van der Waals surface area (Å²) in [5.74, 6) is 0.221. The number of fused-ring (bicyclic) bond motifs is 1. The number of carbonyl (C=O) groups is 2. The molecule has 1 aliphatic heterocycles. The van der Waals surface area contributed by atoms with E-state index in [4.69, 9.17) is 0 Å². The minimum Gasteiger partial charge on any atom is -0.342 e. The Balaban J connectivity index is 1.61. The smallest absolute Gasteiger partial charge is 0.246 e. The van der Waals surface area contributed by atoms with Crippen LogP contribution in [-0.2, 0) is 29.0 Å². The Morgan fingerprint density at radius 2 is 1.71 bits per heavy atom. The molecule has 146 valence electrons. The first kappa shape index (κ1) is 18.7. The monoisotopic (exact) mass is 376 g/mol. The zero-order chi connectivity index (χ0) is 19.8. The highest BCUT2D eigenvalue weighted by molar-refractivity contribution is 5.97. The van der Waals surface area contributed by atoms with Crippen LogP contribution in [0, 0.1) is 18.8 Å². The summed E-state index contributed by atoms with van der Waals surface area (Å²) in [5.41, 5.74) is 4.83. The van der Waals surface area contributed by atoms with E-state index in [1.54, 1.807) is 0 Å². The summed E-state index contributed by atoms with van der Waals surface area (Å²) < 4.78 is 0. The van der Waals surface area contributed by atoms with Crippen molar-refractivity contribution in [2.75, 3.05) is 0 Å². The third kappa shape index (κ3) is 3.44. The normalized spacial score (nSPS) is 22.5. The number of rotatable bonds is 4. The highest BCUT2D eigenvalue weighted by Crippen LogP contribution is 2.32. The topological polar surface area (TPSA) is 49.4 Å². The second-order valence-corrected chi connectivity index (χ2v) is 8.57. The Labute approximate surface area is 166 Å². The molecule has 2 aromatic rings. The molecule has 0 spiro atoms. The lowest BCUT2D eigenvalue weighted by molar-refractivity contribution is -0.153. The summed E-state index contributed by atoms with van der Waals surface area (Å²) in [4.78, 5) is 28.3. The molecule has 0 saturated carbocycles. The minimum atomic E-state index is -0.445. The van der Waals surface area contributed by atoms with E-state index in [-0.39, 0.29) is 23.7 Å². The van der Waals surface area contributed by atoms with Crippen LogP contribution < -0.4 is 5.32 Å². The molecule has 2 atom stereocenters. The predicted octanol–water partition coefficient (Wildman–Crippen LogP) is 3.26. The van der Waals surface area contributed by atoms with E-state index >= 15 is 0 Å². The molecule has 1 heterocycles. The fraction of sp³-hybridized carbons (Fsp3) is 0.417. The molecule has 0 unspecified atom stereocenters. The second kappa shape index (κ2) is 7.42. The van der Waals surface area contributed by atoms with Gasteiger partial charge in [-0.1, -0.05) is 67.9 Å². The maximum Gasteiger partial charge on any atom is 0.246 e. The third-order valence-corrected chi connectivity index (χ3v) is 6.07. The molecule has 28 heavy (non-hydrogen) atoms. The quantitative estimate of drug-likeness (QED) is 0.890. The number of hydrogen-bond donors (Lipinski definition) is 1. The van der Waals surface area contributed by atoms with Gasteiger partial charge in [0.25, 0.3) is 0 Å². The van der Waals surface area contributed by atoms with Crippen molar-refractivity contribution in [1.29, 1.82) is 0 Å². The van der Waals surface area contributed by atoms with Crippen molar-refractivity contribution >= 4 is 11.8 Å². The zero-order valence-corrected chi connectivity index (χ0v) is 16.8. The van der Waals surface area contributed by atoms with E-state index in [2.05, 4.69) is 23.5 Å². The van der Waals surface area contributed by atoms with Crippen LogP contribution in [0.1, 0.15) is 36.1 Å². The number of aryl methyl sites for hydroxylation is 1. The molecule has 0 aromatic heterocycles. The fourth-order valence-electron chi connectivity index (χ4n) is 4.75. The van der Waals surface area contributed by atoms with Crippen molar-refractivity contribution in [2.45, 2.75) is 52.2 Å². The lowest BCUT2D eigenvalue weighted by Crippen LogP contribution is -2.66. The third-order valence-electron chi connectivity index (χ3n) is 6.07. The van der Waals surface area contributed by atoms with Crippen LogP contribution in [0.15, 0.2) is 48.5 Å². The highest BCUT2D eigenvalue weighted by atomic mass is 16.2. The molecule has 1 aliphatic carbocycles. The van der Waals surface area contributed by atoms with Crippen molar-refractivity contribution in [3.05, 3.63) is 70.8 Å². The van der Waals surface area contributed by atoms with E-state index in [1.165, 1.54) is 11.1 Å². The van der Waals surface area contributed by atoms with Gasteiger partial charge in [-0.05, 0) is 48.3 Å². The molecule has 1 fully saturated rings. The molecule has 4 heteroatoms. The van der Waals surface area contributed by atoms with E-state index in [0.717, 1.165) is 24.0 Å². The molecule has 0 radical (unpaired) electrons. The summed E-state index contributed by atoms with van der Waals surface area (Å²) in [6.07, 6.45) is 1.69. The van der Waals surface area contributed by atoms with E-state index in [0.29, 0.717) is 6.54 Å². The molecule has 0 bridgehead atoms. The van der Waals surface area contributed by atoms with E-state index in [9.17, 15) is 9.59 Å². The molecular formula is C24H28N2O2. The van der Waals surface area contributed by atoms with Gasteiger partial charge in [0.05, 0.1) is 0 Å². The SMILES string of the molecule is Cc1cccc(CN2C(=O)[C@@H](C3Cc4ccccc4C3)NC(=O)[C@H]2C(C)C)c1. The van der Waals surface area contributed by atoms with Crippen molar-refractivity contribution in [1.82, 2.24) is 10.2 Å². The Bertz CT molecular complexity index is 880. The predicted molar refractivity (Wildman–Crippen MR) is 110 cm³/mol. The summed E-state index contributed by atoms with van der Waals surface area (Å²) in [6, 6.07) is 15.7. The average molecular weight is 377 g/mol. The van der Waals surface area contributed by atoms with Gasteiger partial charge in [-0.3, -0.25) is 9.59 Å². The van der Waals surface area contributed by atoms with Gasteiger partial charge in [0.15, 0.2) is 0 Å². The molecule has 4 rings (SSSR count). The molecule has 2 aromatic carbocycles. The number of piperazine rings is 1. The first-order valence-electron chi connectivity index (χ1n) is 10.2. The summed E-state index contributed by atoms with van der Waals surface area (Å²) in [5, 5.41) is 3.07. The number of amides is 2. The maximum atomic E-state index is 13.5. The van der Waals surface area contributed by atoms with Crippen LogP contribution in [0.25, 0.3) is 0 Å². The van der Waals surface area contributed by atoms with Gasteiger partial charge in [0.2, 0.25) is 11.8 Å². The second-order valence-electron chi connectivity index (χ2n) is 8.57. The van der Waals surface area contributed by atoms with Crippen molar-refractivity contribution in [3.63, 3.8) is 0 Å². The first-order chi connectivity index (χ1) is 13.4. The number of benzene rings is 2. The van der Waals surface area contributed by atoms with Gasteiger partial charge in [0.1, 0.15) is 12.1 Å². The largest absolute Gasteiger partial charge is 0.342 e. The number of nitrogens with zero attached hydrogens (tertiary/aromatic N) is 1. The lowest BCUT2D eigenvalue weighted by atomic mass is 9.89. The summed E-state index contributed by atoms with van der Waals surface area (Å²) in [6.45, 7) is 6.54. The highest BCUT2D eigenvalue weighted by Gasteiger charge is 2.45. The molecule has 2 aliphatic rings. The van der Waals surface area contributed by atoms with Gasteiger partial charge >= 0.3 is 0 Å². The average Bonchev–Trinajstić information content (AvgIpc) is 3.08. The Hall–Kier alpha value is -2.62. The van der Waals surface area contributed by atoms with Crippen molar-refractivity contribution < 1.29 is 9.59 Å². The van der Waals surface area contributed by atoms with Crippen LogP contribution in [-0.4, -0.2) is 28.8 Å². The standard InChI is InChI=1S/C24H28N2O2/c1-15(2)22-23(27)25-21(20-12-18-9-4-5-10-19(18)13-20)24(28)26(22)14-17-8-6-7-16(3)11-17/h4-11,15,20-22H,12-14H2,1-3H3,(H,25,27)/t21-,22-/m1/s1. The zero-order valence-electron chi connectivity index (χ0n) is 16.8. The molecule has 1 saturated heterocycles. The van der Waals surface area contributed by atoms with Gasteiger partial charge < -0.3 is 10.2 Å². The first-order valence-corrected chi connectivity index (χ1v) is 10.2. The molecule has 1 N–H and O–H groups in total. The van der Waals surface area contributed by atoms with Crippen molar-refractivity contribution in [2.24, 2.45) is 11.8 Å². The Kier molecular flexibility index (Phi) is 4.96. The maximum absolute atomic E-state index is 13.5. The van der Waals surface area contributed by atoms with Crippen LogP contribution in [0.2, 0.25) is 0 Å². The number of nitrogens with one attached hydrogen (secondary N) is 1. The van der Waals surface area contributed by atoms with Crippen LogP contribution in [0.3, 0.4) is 0 Å². The van der Waals surface area contributed by atoms with Crippen molar-refractivity contribution in [3.8, 4) is 0 Å². The molecular weight excluding hydrogens is 348 g/mol. The summed E-state index contributed by atoms with van der Waals surface area (Å²) in [7, 11) is 0. The van der Waals surface area contributed by atoms with Gasteiger partial charge in [0, 0.05) is 6.54 Å². The Morgan fingerprint density at radius 3 is 2.32 bits per heavy atom. The van der Waals surface area contributed by atoms with Gasteiger partial charge in [-0.15, -0.1) is 0 Å². The van der Waals surface area contributed by atoms with Crippen LogP contribution in [0.5, 0.6) is 0 Å². The van der Waals surface area contributed by atoms with E-state index < -0.39 is 12.1 Å². The summed E-state index contributed by atoms with van der Waals surface area (Å²) >= 11 is 0. The van der Waals surface area contributed by atoms with Crippen LogP contribution in [0.4, 0.5) is 0 Å². The molecule has 2 amide bonds. The van der Waals surface area contributed by atoms with Crippen LogP contribution >= 0.6 is 0 Å². The Morgan fingerprint density at radius 1 is 1.04 bits per heavy atom.